The Balaban J connectivity index is 1.98. The second-order valence-electron chi connectivity index (χ2n) is 5.37. The molecule has 2 atom stereocenters. The molecule has 0 radical (unpaired) electrons. The summed E-state index contributed by atoms with van der Waals surface area (Å²) in [5.41, 5.74) is -0.313. The monoisotopic (exact) mass is 253 g/mol. The van der Waals surface area contributed by atoms with Crippen molar-refractivity contribution in [3.8, 4) is 0 Å². The van der Waals surface area contributed by atoms with Crippen molar-refractivity contribution in [3.63, 3.8) is 0 Å². The van der Waals surface area contributed by atoms with E-state index in [9.17, 15) is 9.59 Å². The largest absolute Gasteiger partial charge is 0.354 e. The van der Waals surface area contributed by atoms with Gasteiger partial charge in [-0.3, -0.25) is 9.59 Å². The Morgan fingerprint density at radius 3 is 2.94 bits per heavy atom. The molecule has 2 heterocycles. The van der Waals surface area contributed by atoms with E-state index >= 15 is 0 Å². The summed E-state index contributed by atoms with van der Waals surface area (Å²) in [7, 11) is 0. The van der Waals surface area contributed by atoms with Crippen molar-refractivity contribution < 1.29 is 9.59 Å². The van der Waals surface area contributed by atoms with E-state index in [0.29, 0.717) is 0 Å². The topological polar surface area (TPSA) is 70.2 Å². The maximum atomic E-state index is 12.4. The lowest BCUT2D eigenvalue weighted by atomic mass is 9.83. The summed E-state index contributed by atoms with van der Waals surface area (Å²) in [6.45, 7) is 4.38. The second kappa shape index (κ2) is 5.69. The van der Waals surface area contributed by atoms with E-state index in [4.69, 9.17) is 0 Å². The number of amides is 2. The van der Waals surface area contributed by atoms with Gasteiger partial charge in [0.05, 0.1) is 5.41 Å². The summed E-state index contributed by atoms with van der Waals surface area (Å²) < 4.78 is 0. The van der Waals surface area contributed by atoms with E-state index in [1.165, 1.54) is 0 Å². The van der Waals surface area contributed by atoms with Gasteiger partial charge >= 0.3 is 0 Å². The minimum atomic E-state index is -0.343. The van der Waals surface area contributed by atoms with Gasteiger partial charge in [-0.25, -0.2) is 0 Å². The maximum absolute atomic E-state index is 12.4. The Morgan fingerprint density at radius 1 is 1.44 bits per heavy atom. The van der Waals surface area contributed by atoms with E-state index in [1.807, 2.05) is 6.92 Å². The Labute approximate surface area is 108 Å². The molecule has 2 rings (SSSR count). The van der Waals surface area contributed by atoms with Crippen molar-refractivity contribution in [1.82, 2.24) is 16.0 Å². The molecule has 2 saturated heterocycles. The fourth-order valence-electron chi connectivity index (χ4n) is 2.79. The van der Waals surface area contributed by atoms with Gasteiger partial charge in [0.1, 0.15) is 6.04 Å². The van der Waals surface area contributed by atoms with Gasteiger partial charge in [-0.1, -0.05) is 6.92 Å². The molecule has 0 bridgehead atoms. The van der Waals surface area contributed by atoms with E-state index in [0.717, 1.165) is 51.7 Å². The lowest BCUT2D eigenvalue weighted by molar-refractivity contribution is -0.134. The van der Waals surface area contributed by atoms with Gasteiger partial charge in [-0.2, -0.15) is 0 Å². The Hall–Kier alpha value is -1.10. The van der Waals surface area contributed by atoms with Gasteiger partial charge in [0.25, 0.3) is 0 Å². The molecular formula is C13H23N3O2. The van der Waals surface area contributed by atoms with Crippen LogP contribution in [0.2, 0.25) is 0 Å². The van der Waals surface area contributed by atoms with Crippen LogP contribution in [0.5, 0.6) is 0 Å². The van der Waals surface area contributed by atoms with Gasteiger partial charge < -0.3 is 16.0 Å². The first kappa shape index (κ1) is 13.3. The molecule has 0 spiro atoms. The molecule has 0 aromatic heterocycles. The average molecular weight is 253 g/mol. The van der Waals surface area contributed by atoms with Gasteiger partial charge in [-0.15, -0.1) is 0 Å². The number of hydrogen-bond acceptors (Lipinski definition) is 3. The van der Waals surface area contributed by atoms with Crippen molar-refractivity contribution in [2.45, 2.75) is 45.1 Å². The summed E-state index contributed by atoms with van der Waals surface area (Å²) in [6, 6.07) is -0.343. The van der Waals surface area contributed by atoms with Crippen LogP contribution < -0.4 is 16.0 Å². The smallest absolute Gasteiger partial charge is 0.242 e. The quantitative estimate of drug-likeness (QED) is 0.671. The van der Waals surface area contributed by atoms with Crippen LogP contribution in [-0.4, -0.2) is 37.5 Å². The van der Waals surface area contributed by atoms with Crippen LogP contribution in [0.4, 0.5) is 0 Å². The zero-order valence-electron chi connectivity index (χ0n) is 11.1. The number of hydrogen-bond donors (Lipinski definition) is 3. The fraction of sp³-hybridized carbons (Fsp3) is 0.846. The van der Waals surface area contributed by atoms with Crippen LogP contribution in [0, 0.1) is 5.41 Å². The Kier molecular flexibility index (Phi) is 4.22. The lowest BCUT2D eigenvalue weighted by Gasteiger charge is -2.27. The third-order valence-electron chi connectivity index (χ3n) is 4.24. The molecule has 2 amide bonds. The number of rotatable bonds is 3. The molecule has 3 N–H and O–H groups in total. The predicted octanol–water partition coefficient (Wildman–Crippen LogP) is 0.161. The maximum Gasteiger partial charge on any atom is 0.242 e. The molecule has 0 aromatic carbocycles. The van der Waals surface area contributed by atoms with Crippen LogP contribution in [-0.2, 0) is 9.59 Å². The van der Waals surface area contributed by atoms with Crippen molar-refractivity contribution in [2.75, 3.05) is 19.6 Å². The second-order valence-corrected chi connectivity index (χ2v) is 5.37. The first-order valence-corrected chi connectivity index (χ1v) is 6.97. The molecule has 2 unspecified atom stereocenters. The number of nitrogens with one attached hydrogen (secondary N) is 3. The Bertz CT molecular complexity index is 324. The predicted molar refractivity (Wildman–Crippen MR) is 69.0 cm³/mol. The number of carbonyl (C=O) groups excluding carboxylic acids is 2. The first-order valence-electron chi connectivity index (χ1n) is 6.97. The third kappa shape index (κ3) is 2.66. The van der Waals surface area contributed by atoms with E-state index < -0.39 is 0 Å². The number of carbonyl (C=O) groups is 2. The van der Waals surface area contributed by atoms with Crippen molar-refractivity contribution >= 4 is 11.8 Å². The average Bonchev–Trinajstić information content (AvgIpc) is 2.78. The molecule has 0 saturated carbocycles. The van der Waals surface area contributed by atoms with Gasteiger partial charge in [0.15, 0.2) is 0 Å². The fourth-order valence-corrected chi connectivity index (χ4v) is 2.79. The van der Waals surface area contributed by atoms with Crippen LogP contribution in [0.15, 0.2) is 0 Å². The molecule has 2 aliphatic rings. The highest BCUT2D eigenvalue weighted by Gasteiger charge is 2.40. The zero-order valence-corrected chi connectivity index (χ0v) is 11.1. The molecular weight excluding hydrogens is 230 g/mol. The van der Waals surface area contributed by atoms with Crippen LogP contribution in [0.1, 0.15) is 39.0 Å². The van der Waals surface area contributed by atoms with E-state index in [2.05, 4.69) is 16.0 Å². The molecule has 5 nitrogen and oxygen atoms in total. The van der Waals surface area contributed by atoms with E-state index in [1.54, 1.807) is 0 Å². The highest BCUT2D eigenvalue weighted by molar-refractivity contribution is 5.90. The molecule has 2 fully saturated rings. The molecule has 2 aliphatic heterocycles. The minimum Gasteiger partial charge on any atom is -0.354 e. The SMILES string of the molecule is CCC1(C(=O)NC2CCCCNC2=O)CCNC1. The highest BCUT2D eigenvalue weighted by atomic mass is 16.2. The summed E-state index contributed by atoms with van der Waals surface area (Å²) in [5.74, 6) is 0.00936. The van der Waals surface area contributed by atoms with Gasteiger partial charge in [-0.05, 0) is 38.6 Å². The molecule has 0 aromatic rings. The van der Waals surface area contributed by atoms with Crippen LogP contribution in [0.3, 0.4) is 0 Å². The summed E-state index contributed by atoms with van der Waals surface area (Å²) in [5, 5.41) is 9.05. The Morgan fingerprint density at radius 2 is 2.28 bits per heavy atom. The van der Waals surface area contributed by atoms with Crippen LogP contribution >= 0.6 is 0 Å². The molecule has 18 heavy (non-hydrogen) atoms. The summed E-state index contributed by atoms with van der Waals surface area (Å²) in [6.07, 6.45) is 4.42. The first-order chi connectivity index (χ1) is 8.68. The standard InChI is InChI=1S/C13H23N3O2/c1-2-13(6-8-14-9-13)12(18)16-10-5-3-4-7-15-11(10)17/h10,14H,2-9H2,1H3,(H,15,17)(H,16,18). The van der Waals surface area contributed by atoms with Crippen LogP contribution in [0.25, 0.3) is 0 Å². The van der Waals surface area contributed by atoms with Crippen molar-refractivity contribution in [1.29, 1.82) is 0 Å². The summed E-state index contributed by atoms with van der Waals surface area (Å²) in [4.78, 5) is 24.2. The van der Waals surface area contributed by atoms with Gasteiger partial charge in [0.2, 0.25) is 11.8 Å². The third-order valence-corrected chi connectivity index (χ3v) is 4.24. The minimum absolute atomic E-state index is 0.0296. The normalized spacial score (nSPS) is 32.7. The zero-order chi connectivity index (χ0) is 13.0. The van der Waals surface area contributed by atoms with Crippen molar-refractivity contribution in [2.24, 2.45) is 5.41 Å². The highest BCUT2D eigenvalue weighted by Crippen LogP contribution is 2.29. The molecule has 102 valence electrons. The van der Waals surface area contributed by atoms with Gasteiger partial charge in [0, 0.05) is 13.1 Å². The van der Waals surface area contributed by atoms with Crippen molar-refractivity contribution in [3.05, 3.63) is 0 Å². The lowest BCUT2D eigenvalue weighted by Crippen LogP contribution is -2.51. The van der Waals surface area contributed by atoms with E-state index in [-0.39, 0.29) is 23.3 Å². The molecule has 5 heteroatoms. The summed E-state index contributed by atoms with van der Waals surface area (Å²) >= 11 is 0. The molecule has 0 aliphatic carbocycles.